The van der Waals surface area contributed by atoms with E-state index in [2.05, 4.69) is 5.32 Å². The normalized spacial score (nSPS) is 20.4. The van der Waals surface area contributed by atoms with Crippen LogP contribution >= 0.6 is 11.6 Å². The van der Waals surface area contributed by atoms with Crippen molar-refractivity contribution in [1.82, 2.24) is 5.32 Å². The van der Waals surface area contributed by atoms with E-state index in [1.165, 1.54) is 19.6 Å². The third-order valence-corrected chi connectivity index (χ3v) is 3.73. The first kappa shape index (κ1) is 12.7. The van der Waals surface area contributed by atoms with E-state index < -0.39 is 0 Å². The Morgan fingerprint density at radius 1 is 1.47 bits per heavy atom. The van der Waals surface area contributed by atoms with Crippen LogP contribution in [0.3, 0.4) is 0 Å². The van der Waals surface area contributed by atoms with Gasteiger partial charge in [-0.15, -0.1) is 0 Å². The molecule has 0 spiro atoms. The van der Waals surface area contributed by atoms with Crippen LogP contribution in [0.5, 0.6) is 5.75 Å². The van der Waals surface area contributed by atoms with Gasteiger partial charge in [0, 0.05) is 16.6 Å². The quantitative estimate of drug-likeness (QED) is 0.874. The minimum Gasteiger partial charge on any atom is -0.493 e. The Morgan fingerprint density at radius 3 is 2.82 bits per heavy atom. The zero-order valence-electron chi connectivity index (χ0n) is 10.1. The lowest BCUT2D eigenvalue weighted by Crippen LogP contribution is -2.28. The van der Waals surface area contributed by atoms with Crippen LogP contribution in [0.25, 0.3) is 0 Å². The molecule has 94 valence electrons. The smallest absolute Gasteiger partial charge is 0.166 e. The van der Waals surface area contributed by atoms with Gasteiger partial charge in [-0.25, -0.2) is 4.39 Å². The van der Waals surface area contributed by atoms with Gasteiger partial charge in [-0.3, -0.25) is 0 Å². The summed E-state index contributed by atoms with van der Waals surface area (Å²) in [6, 6.07) is 1.47. The summed E-state index contributed by atoms with van der Waals surface area (Å²) in [5.74, 6) is -0.0585. The molecule has 1 atom stereocenters. The van der Waals surface area contributed by atoms with Crippen LogP contribution in [0.1, 0.15) is 36.4 Å². The molecule has 4 heteroatoms. The molecular weight excluding hydrogens is 241 g/mol. The first-order valence-corrected chi connectivity index (χ1v) is 6.28. The topological polar surface area (TPSA) is 21.3 Å². The van der Waals surface area contributed by atoms with Crippen molar-refractivity contribution in [3.63, 3.8) is 0 Å². The lowest BCUT2D eigenvalue weighted by atomic mass is 9.93. The maximum absolute atomic E-state index is 13.8. The van der Waals surface area contributed by atoms with Crippen LogP contribution in [-0.4, -0.2) is 13.7 Å². The fourth-order valence-corrected chi connectivity index (χ4v) is 2.64. The summed E-state index contributed by atoms with van der Waals surface area (Å²) in [4.78, 5) is 0. The highest BCUT2D eigenvalue weighted by Gasteiger charge is 2.24. The van der Waals surface area contributed by atoms with Crippen LogP contribution in [0.4, 0.5) is 4.39 Å². The van der Waals surface area contributed by atoms with Gasteiger partial charge in [-0.05, 0) is 37.9 Å². The summed E-state index contributed by atoms with van der Waals surface area (Å²) in [6.45, 7) is 2.87. The molecule has 0 amide bonds. The van der Waals surface area contributed by atoms with Gasteiger partial charge in [0.15, 0.2) is 11.6 Å². The molecule has 1 heterocycles. The first-order chi connectivity index (χ1) is 8.15. The average Bonchev–Trinajstić information content (AvgIpc) is 2.34. The molecule has 2 rings (SSSR count). The molecule has 1 aliphatic heterocycles. The summed E-state index contributed by atoms with van der Waals surface area (Å²) >= 11 is 6.04. The number of nitrogens with one attached hydrogen (secondary N) is 1. The van der Waals surface area contributed by atoms with Gasteiger partial charge < -0.3 is 10.1 Å². The van der Waals surface area contributed by atoms with Gasteiger partial charge in [-0.1, -0.05) is 18.0 Å². The molecule has 1 aromatic carbocycles. The van der Waals surface area contributed by atoms with Crippen molar-refractivity contribution >= 4 is 11.6 Å². The highest BCUT2D eigenvalue weighted by Crippen LogP contribution is 2.38. The predicted octanol–water partition coefficient (Wildman–Crippen LogP) is 3.61. The summed E-state index contributed by atoms with van der Waals surface area (Å²) in [6.07, 6.45) is 3.31. The number of hydrogen-bond donors (Lipinski definition) is 1. The van der Waals surface area contributed by atoms with Crippen LogP contribution in [0.15, 0.2) is 6.07 Å². The van der Waals surface area contributed by atoms with Crippen molar-refractivity contribution in [3.05, 3.63) is 28.0 Å². The van der Waals surface area contributed by atoms with Crippen molar-refractivity contribution in [2.75, 3.05) is 13.7 Å². The summed E-state index contributed by atoms with van der Waals surface area (Å²) in [5.41, 5.74) is 1.78. The molecule has 1 saturated heterocycles. The Bertz CT molecular complexity index is 416. The third kappa shape index (κ3) is 2.40. The minimum atomic E-state index is -0.384. The minimum absolute atomic E-state index is 0.145. The molecule has 0 bridgehead atoms. The van der Waals surface area contributed by atoms with Crippen LogP contribution in [0, 0.1) is 12.7 Å². The highest BCUT2D eigenvalue weighted by molar-refractivity contribution is 6.31. The van der Waals surface area contributed by atoms with Gasteiger partial charge in [0.1, 0.15) is 0 Å². The largest absolute Gasteiger partial charge is 0.493 e. The molecular formula is C13H17ClFNO. The maximum atomic E-state index is 13.8. The average molecular weight is 258 g/mol. The number of benzene rings is 1. The van der Waals surface area contributed by atoms with E-state index in [9.17, 15) is 4.39 Å². The molecule has 0 aromatic heterocycles. The molecule has 1 fully saturated rings. The molecule has 1 N–H and O–H groups in total. The Kier molecular flexibility index (Phi) is 3.89. The lowest BCUT2D eigenvalue weighted by Gasteiger charge is -2.27. The van der Waals surface area contributed by atoms with Crippen LogP contribution in [0.2, 0.25) is 5.02 Å². The number of methoxy groups -OCH3 is 1. The van der Waals surface area contributed by atoms with Crippen LogP contribution < -0.4 is 10.1 Å². The van der Waals surface area contributed by atoms with Crippen molar-refractivity contribution in [2.45, 2.75) is 32.2 Å². The summed E-state index contributed by atoms with van der Waals surface area (Å²) in [7, 11) is 1.50. The number of ether oxygens (including phenoxy) is 1. The molecule has 0 aliphatic carbocycles. The predicted molar refractivity (Wildman–Crippen MR) is 67.3 cm³/mol. The first-order valence-electron chi connectivity index (χ1n) is 5.91. The zero-order valence-corrected chi connectivity index (χ0v) is 10.9. The van der Waals surface area contributed by atoms with E-state index in [4.69, 9.17) is 16.3 Å². The highest BCUT2D eigenvalue weighted by atomic mass is 35.5. The molecule has 1 unspecified atom stereocenters. The lowest BCUT2D eigenvalue weighted by molar-refractivity contribution is 0.354. The van der Waals surface area contributed by atoms with E-state index in [1.807, 2.05) is 6.92 Å². The Morgan fingerprint density at radius 2 is 2.24 bits per heavy atom. The van der Waals surface area contributed by atoms with Gasteiger partial charge in [-0.2, -0.15) is 0 Å². The van der Waals surface area contributed by atoms with E-state index >= 15 is 0 Å². The van der Waals surface area contributed by atoms with Crippen molar-refractivity contribution in [2.24, 2.45) is 0 Å². The monoisotopic (exact) mass is 257 g/mol. The molecule has 1 aromatic rings. The SMILES string of the molecule is COc1c(F)cc(Cl)c(C)c1C1CCCCN1. The number of hydrogen-bond acceptors (Lipinski definition) is 2. The van der Waals surface area contributed by atoms with Crippen LogP contribution in [-0.2, 0) is 0 Å². The second-order valence-electron chi connectivity index (χ2n) is 4.41. The van der Waals surface area contributed by atoms with E-state index in [1.54, 1.807) is 0 Å². The van der Waals surface area contributed by atoms with Gasteiger partial charge in [0.25, 0.3) is 0 Å². The molecule has 17 heavy (non-hydrogen) atoms. The summed E-state index contributed by atoms with van der Waals surface area (Å²) in [5, 5.41) is 3.86. The zero-order chi connectivity index (χ0) is 12.4. The van der Waals surface area contributed by atoms with Gasteiger partial charge in [0.05, 0.1) is 7.11 Å². The van der Waals surface area contributed by atoms with Crippen molar-refractivity contribution in [1.29, 1.82) is 0 Å². The van der Waals surface area contributed by atoms with Crippen molar-refractivity contribution in [3.8, 4) is 5.75 Å². The molecule has 2 nitrogen and oxygen atoms in total. The van der Waals surface area contributed by atoms with Gasteiger partial charge >= 0.3 is 0 Å². The Balaban J connectivity index is 2.48. The molecule has 0 radical (unpaired) electrons. The van der Waals surface area contributed by atoms with E-state index in [-0.39, 0.29) is 11.9 Å². The van der Waals surface area contributed by atoms with E-state index in [0.717, 1.165) is 30.5 Å². The number of halogens is 2. The van der Waals surface area contributed by atoms with Crippen molar-refractivity contribution < 1.29 is 9.13 Å². The molecule has 0 saturated carbocycles. The maximum Gasteiger partial charge on any atom is 0.166 e. The fraction of sp³-hybridized carbons (Fsp3) is 0.538. The fourth-order valence-electron chi connectivity index (χ4n) is 2.44. The second-order valence-corrected chi connectivity index (χ2v) is 4.82. The number of piperidine rings is 1. The third-order valence-electron chi connectivity index (χ3n) is 3.34. The van der Waals surface area contributed by atoms with Gasteiger partial charge in [0.2, 0.25) is 0 Å². The Labute approximate surface area is 106 Å². The Hall–Kier alpha value is -0.800. The molecule has 1 aliphatic rings. The second kappa shape index (κ2) is 5.23. The standard InChI is InChI=1S/C13H17ClFNO/c1-8-9(14)7-10(15)13(17-2)12(8)11-5-3-4-6-16-11/h7,11,16H,3-6H2,1-2H3. The van der Waals surface area contributed by atoms with E-state index in [0.29, 0.717) is 10.8 Å². The number of rotatable bonds is 2. The summed E-state index contributed by atoms with van der Waals surface area (Å²) < 4.78 is 19.0.